The van der Waals surface area contributed by atoms with E-state index in [1.165, 1.54) is 33.3 Å². The van der Waals surface area contributed by atoms with Crippen molar-refractivity contribution in [1.82, 2.24) is 10.6 Å². The van der Waals surface area contributed by atoms with Crippen LogP contribution in [-0.4, -0.2) is 26.2 Å². The SMILES string of the molecule is COc1ccc(OC)c(C2NC(=O)NC(C)=C2C(=O)Nc2ccccc2C(F)(F)F)c1. The normalized spacial score (nSPS) is 16.3. The minimum absolute atomic E-state index is 0.0307. The van der Waals surface area contributed by atoms with E-state index < -0.39 is 35.4 Å². The molecule has 1 aliphatic rings. The molecule has 164 valence electrons. The molecule has 1 aliphatic heterocycles. The molecule has 0 fully saturated rings. The zero-order chi connectivity index (χ0) is 22.8. The Morgan fingerprint density at radius 1 is 1.10 bits per heavy atom. The number of halogens is 3. The van der Waals surface area contributed by atoms with Crippen molar-refractivity contribution in [2.75, 3.05) is 19.5 Å². The molecule has 3 amide bonds. The topological polar surface area (TPSA) is 88.7 Å². The third kappa shape index (κ3) is 4.57. The van der Waals surface area contributed by atoms with Crippen LogP contribution in [0.2, 0.25) is 0 Å². The fourth-order valence-corrected chi connectivity index (χ4v) is 3.32. The van der Waals surface area contributed by atoms with E-state index in [4.69, 9.17) is 9.47 Å². The van der Waals surface area contributed by atoms with E-state index in [0.29, 0.717) is 17.1 Å². The van der Waals surface area contributed by atoms with Crippen LogP contribution in [0.15, 0.2) is 53.7 Å². The predicted molar refractivity (Wildman–Crippen MR) is 107 cm³/mol. The van der Waals surface area contributed by atoms with Crippen molar-refractivity contribution in [3.63, 3.8) is 0 Å². The average Bonchev–Trinajstić information content (AvgIpc) is 2.72. The molecule has 7 nitrogen and oxygen atoms in total. The number of methoxy groups -OCH3 is 2. The van der Waals surface area contributed by atoms with Gasteiger partial charge in [-0.1, -0.05) is 12.1 Å². The summed E-state index contributed by atoms with van der Waals surface area (Å²) in [4.78, 5) is 25.2. The molecular weight excluding hydrogens is 415 g/mol. The summed E-state index contributed by atoms with van der Waals surface area (Å²) in [5, 5.41) is 7.42. The zero-order valence-corrected chi connectivity index (χ0v) is 16.9. The molecule has 0 bridgehead atoms. The number of ether oxygens (including phenoxy) is 2. The first-order valence-electron chi connectivity index (χ1n) is 9.13. The van der Waals surface area contributed by atoms with Crippen molar-refractivity contribution in [2.45, 2.75) is 19.1 Å². The van der Waals surface area contributed by atoms with E-state index in [-0.39, 0.29) is 11.3 Å². The third-order valence-corrected chi connectivity index (χ3v) is 4.74. The molecular formula is C21H20F3N3O4. The van der Waals surface area contributed by atoms with E-state index >= 15 is 0 Å². The lowest BCUT2D eigenvalue weighted by Crippen LogP contribution is -2.46. The monoisotopic (exact) mass is 435 g/mol. The molecule has 3 rings (SSSR count). The van der Waals surface area contributed by atoms with E-state index in [2.05, 4.69) is 16.0 Å². The molecule has 1 heterocycles. The number of carbonyl (C=O) groups is 2. The van der Waals surface area contributed by atoms with Gasteiger partial charge in [0.25, 0.3) is 5.91 Å². The lowest BCUT2D eigenvalue weighted by molar-refractivity contribution is -0.137. The first kappa shape index (κ1) is 22.0. The van der Waals surface area contributed by atoms with Gasteiger partial charge in [-0.3, -0.25) is 4.79 Å². The van der Waals surface area contributed by atoms with Gasteiger partial charge in [0, 0.05) is 11.3 Å². The number of hydrogen-bond donors (Lipinski definition) is 3. The summed E-state index contributed by atoms with van der Waals surface area (Å²) in [6.45, 7) is 1.49. The Labute approximate surface area is 176 Å². The fraction of sp³-hybridized carbons (Fsp3) is 0.238. The van der Waals surface area contributed by atoms with Gasteiger partial charge in [-0.2, -0.15) is 13.2 Å². The van der Waals surface area contributed by atoms with Crippen molar-refractivity contribution < 1.29 is 32.2 Å². The van der Waals surface area contributed by atoms with Crippen molar-refractivity contribution >= 4 is 17.6 Å². The lowest BCUT2D eigenvalue weighted by atomic mass is 9.93. The largest absolute Gasteiger partial charge is 0.497 e. The van der Waals surface area contributed by atoms with Crippen LogP contribution in [0.25, 0.3) is 0 Å². The van der Waals surface area contributed by atoms with Gasteiger partial charge in [0.15, 0.2) is 0 Å². The molecule has 1 unspecified atom stereocenters. The van der Waals surface area contributed by atoms with Gasteiger partial charge in [0.1, 0.15) is 11.5 Å². The van der Waals surface area contributed by atoms with E-state index in [1.807, 2.05) is 0 Å². The highest BCUT2D eigenvalue weighted by Crippen LogP contribution is 2.38. The summed E-state index contributed by atoms with van der Waals surface area (Å²) >= 11 is 0. The van der Waals surface area contributed by atoms with E-state index in [9.17, 15) is 22.8 Å². The Morgan fingerprint density at radius 3 is 2.45 bits per heavy atom. The highest BCUT2D eigenvalue weighted by molar-refractivity contribution is 6.07. The molecule has 0 radical (unpaired) electrons. The summed E-state index contributed by atoms with van der Waals surface area (Å²) in [5.41, 5.74) is -0.743. The van der Waals surface area contributed by atoms with Crippen molar-refractivity contribution in [2.24, 2.45) is 0 Å². The van der Waals surface area contributed by atoms with Gasteiger partial charge in [0.2, 0.25) is 0 Å². The van der Waals surface area contributed by atoms with Crippen molar-refractivity contribution in [3.8, 4) is 11.5 Å². The average molecular weight is 435 g/mol. The number of benzene rings is 2. The molecule has 3 N–H and O–H groups in total. The number of nitrogens with one attached hydrogen (secondary N) is 3. The number of carbonyl (C=O) groups excluding carboxylic acids is 2. The molecule has 0 saturated carbocycles. The maximum atomic E-state index is 13.3. The summed E-state index contributed by atoms with van der Waals surface area (Å²) in [7, 11) is 2.87. The van der Waals surface area contributed by atoms with Crippen molar-refractivity contribution in [1.29, 1.82) is 0 Å². The second-order valence-corrected chi connectivity index (χ2v) is 6.68. The predicted octanol–water partition coefficient (Wildman–Crippen LogP) is 3.99. The summed E-state index contributed by atoms with van der Waals surface area (Å²) in [6, 6.07) is 7.92. The molecule has 10 heteroatoms. The smallest absolute Gasteiger partial charge is 0.418 e. The minimum Gasteiger partial charge on any atom is -0.497 e. The molecule has 0 aromatic heterocycles. The van der Waals surface area contributed by atoms with Crippen LogP contribution in [0.4, 0.5) is 23.7 Å². The van der Waals surface area contributed by atoms with Gasteiger partial charge in [-0.15, -0.1) is 0 Å². The van der Waals surface area contributed by atoms with Crippen LogP contribution in [-0.2, 0) is 11.0 Å². The zero-order valence-electron chi connectivity index (χ0n) is 16.9. The van der Waals surface area contributed by atoms with Gasteiger partial charge >= 0.3 is 12.2 Å². The van der Waals surface area contributed by atoms with Gasteiger partial charge in [-0.25, -0.2) is 4.79 Å². The highest BCUT2D eigenvalue weighted by atomic mass is 19.4. The van der Waals surface area contributed by atoms with Crippen molar-refractivity contribution in [3.05, 3.63) is 64.9 Å². The number of alkyl halides is 3. The molecule has 2 aromatic rings. The van der Waals surface area contributed by atoms with Crippen LogP contribution in [0.5, 0.6) is 11.5 Å². The second kappa shape index (κ2) is 8.58. The first-order valence-corrected chi connectivity index (χ1v) is 9.13. The van der Waals surface area contributed by atoms with Gasteiger partial charge in [0.05, 0.1) is 37.1 Å². The number of para-hydroxylation sites is 1. The first-order chi connectivity index (χ1) is 14.7. The fourth-order valence-electron chi connectivity index (χ4n) is 3.32. The standard InChI is InChI=1S/C21H20F3N3O4/c1-11-17(19(28)26-15-7-5-4-6-14(15)21(22,23)24)18(27-20(29)25-11)13-10-12(30-2)8-9-16(13)31-3/h4-10,18H,1-3H3,(H,26,28)(H2,25,27,29). The molecule has 31 heavy (non-hydrogen) atoms. The summed E-state index contributed by atoms with van der Waals surface area (Å²) < 4.78 is 50.6. The van der Waals surface area contributed by atoms with E-state index in [0.717, 1.165) is 12.1 Å². The van der Waals surface area contributed by atoms with Crippen LogP contribution < -0.4 is 25.4 Å². The maximum absolute atomic E-state index is 13.3. The second-order valence-electron chi connectivity index (χ2n) is 6.68. The minimum atomic E-state index is -4.65. The number of hydrogen-bond acceptors (Lipinski definition) is 4. The molecule has 0 aliphatic carbocycles. The molecule has 0 saturated heterocycles. The van der Waals surface area contributed by atoms with Gasteiger partial charge in [-0.05, 0) is 37.3 Å². The number of allylic oxidation sites excluding steroid dienone is 1. The Balaban J connectivity index is 2.05. The number of anilines is 1. The number of rotatable bonds is 5. The van der Waals surface area contributed by atoms with Gasteiger partial charge < -0.3 is 25.4 Å². The maximum Gasteiger partial charge on any atom is 0.418 e. The third-order valence-electron chi connectivity index (χ3n) is 4.74. The van der Waals surface area contributed by atoms with Crippen LogP contribution in [0.1, 0.15) is 24.1 Å². The molecule has 1 atom stereocenters. The number of amides is 3. The lowest BCUT2D eigenvalue weighted by Gasteiger charge is -2.30. The van der Waals surface area contributed by atoms with Crippen LogP contribution >= 0.6 is 0 Å². The summed E-state index contributed by atoms with van der Waals surface area (Å²) in [5.74, 6) is 0.00164. The Morgan fingerprint density at radius 2 is 1.81 bits per heavy atom. The summed E-state index contributed by atoms with van der Waals surface area (Å²) in [6.07, 6.45) is -4.65. The Bertz CT molecular complexity index is 1050. The van der Waals surface area contributed by atoms with E-state index in [1.54, 1.807) is 18.2 Å². The van der Waals surface area contributed by atoms with Crippen LogP contribution in [0.3, 0.4) is 0 Å². The quantitative estimate of drug-likeness (QED) is 0.663. The number of urea groups is 1. The Hall–Kier alpha value is -3.69. The molecule has 2 aromatic carbocycles. The Kier molecular flexibility index (Phi) is 6.09. The van der Waals surface area contributed by atoms with Crippen LogP contribution in [0, 0.1) is 0 Å². The highest BCUT2D eigenvalue weighted by Gasteiger charge is 2.36. The molecule has 0 spiro atoms.